The van der Waals surface area contributed by atoms with E-state index in [0.29, 0.717) is 10.9 Å². The van der Waals surface area contributed by atoms with Gasteiger partial charge in [-0.25, -0.2) is 0 Å². The Kier molecular flexibility index (Phi) is 5.90. The van der Waals surface area contributed by atoms with E-state index in [1.54, 1.807) is 4.68 Å². The Labute approximate surface area is 157 Å². The number of hydrogen-bond acceptors (Lipinski definition) is 6. The van der Waals surface area contributed by atoms with Gasteiger partial charge in [-0.05, 0) is 60.0 Å². The molecule has 26 heavy (non-hydrogen) atoms. The number of para-hydroxylation sites is 1. The Bertz CT molecular complexity index is 881. The fourth-order valence-corrected chi connectivity index (χ4v) is 3.28. The van der Waals surface area contributed by atoms with E-state index in [2.05, 4.69) is 21.6 Å². The normalized spacial score (nSPS) is 12.2. The van der Waals surface area contributed by atoms with Crippen LogP contribution in [0.5, 0.6) is 5.75 Å². The summed E-state index contributed by atoms with van der Waals surface area (Å²) in [6, 6.07) is 13.9. The lowest BCUT2D eigenvalue weighted by molar-refractivity contribution is 0.126. The van der Waals surface area contributed by atoms with Crippen LogP contribution in [0, 0.1) is 20.8 Å². The molecule has 0 aliphatic rings. The lowest BCUT2D eigenvalue weighted by Gasteiger charge is -2.13. The number of aromatic nitrogens is 4. The lowest BCUT2D eigenvalue weighted by atomic mass is 10.1. The van der Waals surface area contributed by atoms with Crippen LogP contribution in [-0.4, -0.2) is 43.8 Å². The minimum atomic E-state index is -0.622. The number of tetrazole rings is 1. The van der Waals surface area contributed by atoms with Gasteiger partial charge in [0.25, 0.3) is 0 Å². The van der Waals surface area contributed by atoms with Crippen molar-refractivity contribution in [1.82, 2.24) is 20.2 Å². The van der Waals surface area contributed by atoms with Crippen molar-refractivity contribution in [2.45, 2.75) is 32.0 Å². The summed E-state index contributed by atoms with van der Waals surface area (Å²) in [5, 5.41) is 22.8. The summed E-state index contributed by atoms with van der Waals surface area (Å²) in [6.07, 6.45) is -0.622. The molecule has 0 radical (unpaired) electrons. The standard InChI is InChI=1S/C19H22N4O2S/c1-13-8-9-14(2)17(10-13)23-19(20-21-22-23)26-12-16(24)11-25-18-7-5-4-6-15(18)3/h4-10,16,24H,11-12H2,1-3H3/t16-/m0/s1. The second-order valence-electron chi connectivity index (χ2n) is 6.20. The summed E-state index contributed by atoms with van der Waals surface area (Å²) in [5.74, 6) is 1.23. The molecule has 3 rings (SSSR count). The highest BCUT2D eigenvalue weighted by atomic mass is 32.2. The van der Waals surface area contributed by atoms with E-state index in [-0.39, 0.29) is 6.61 Å². The van der Waals surface area contributed by atoms with Crippen LogP contribution in [0.2, 0.25) is 0 Å². The Morgan fingerprint density at radius 1 is 1.12 bits per heavy atom. The smallest absolute Gasteiger partial charge is 0.214 e. The average molecular weight is 370 g/mol. The molecule has 0 unspecified atom stereocenters. The van der Waals surface area contributed by atoms with Gasteiger partial charge in [0.05, 0.1) is 11.8 Å². The van der Waals surface area contributed by atoms with Crippen molar-refractivity contribution in [2.24, 2.45) is 0 Å². The molecule has 0 aliphatic carbocycles. The number of benzene rings is 2. The maximum absolute atomic E-state index is 10.2. The van der Waals surface area contributed by atoms with E-state index in [1.807, 2.05) is 57.2 Å². The van der Waals surface area contributed by atoms with Crippen molar-refractivity contribution in [2.75, 3.05) is 12.4 Å². The highest BCUT2D eigenvalue weighted by molar-refractivity contribution is 7.99. The third-order valence-electron chi connectivity index (χ3n) is 3.96. The topological polar surface area (TPSA) is 73.1 Å². The van der Waals surface area contributed by atoms with Crippen LogP contribution in [-0.2, 0) is 0 Å². The molecule has 136 valence electrons. The van der Waals surface area contributed by atoms with Crippen molar-refractivity contribution >= 4 is 11.8 Å². The molecule has 1 heterocycles. The van der Waals surface area contributed by atoms with E-state index < -0.39 is 6.10 Å². The van der Waals surface area contributed by atoms with Gasteiger partial charge in [0.15, 0.2) is 0 Å². The van der Waals surface area contributed by atoms with Crippen LogP contribution < -0.4 is 4.74 Å². The maximum atomic E-state index is 10.2. The number of hydrogen-bond donors (Lipinski definition) is 1. The third kappa shape index (κ3) is 4.42. The molecule has 0 saturated carbocycles. The monoisotopic (exact) mass is 370 g/mol. The Morgan fingerprint density at radius 3 is 2.73 bits per heavy atom. The fraction of sp³-hybridized carbons (Fsp3) is 0.316. The van der Waals surface area contributed by atoms with E-state index in [9.17, 15) is 5.11 Å². The van der Waals surface area contributed by atoms with E-state index in [0.717, 1.165) is 28.1 Å². The molecule has 0 bridgehead atoms. The van der Waals surface area contributed by atoms with Crippen LogP contribution in [0.25, 0.3) is 5.69 Å². The number of aliphatic hydroxyl groups is 1. The third-order valence-corrected chi connectivity index (χ3v) is 5.03. The predicted octanol–water partition coefficient (Wildman–Crippen LogP) is 3.12. The zero-order chi connectivity index (χ0) is 18.5. The first-order valence-electron chi connectivity index (χ1n) is 8.40. The molecule has 0 saturated heterocycles. The average Bonchev–Trinajstić information content (AvgIpc) is 3.09. The van der Waals surface area contributed by atoms with Gasteiger partial charge in [-0.2, -0.15) is 4.68 Å². The molecule has 1 aromatic heterocycles. The minimum absolute atomic E-state index is 0.225. The second-order valence-corrected chi connectivity index (χ2v) is 7.19. The van der Waals surface area contributed by atoms with Gasteiger partial charge in [0, 0.05) is 5.75 Å². The second kappa shape index (κ2) is 8.33. The van der Waals surface area contributed by atoms with Crippen molar-refractivity contribution in [3.63, 3.8) is 0 Å². The van der Waals surface area contributed by atoms with E-state index in [1.165, 1.54) is 11.8 Å². The molecule has 1 N–H and O–H groups in total. The van der Waals surface area contributed by atoms with E-state index >= 15 is 0 Å². The van der Waals surface area contributed by atoms with Gasteiger partial charge in [-0.15, -0.1) is 5.10 Å². The molecule has 1 atom stereocenters. The highest BCUT2D eigenvalue weighted by Gasteiger charge is 2.14. The first-order valence-corrected chi connectivity index (χ1v) is 9.38. The first-order chi connectivity index (χ1) is 12.5. The molecule has 2 aromatic carbocycles. The first kappa shape index (κ1) is 18.4. The summed E-state index contributed by atoms with van der Waals surface area (Å²) in [7, 11) is 0. The van der Waals surface area contributed by atoms with Crippen molar-refractivity contribution in [3.05, 3.63) is 59.2 Å². The van der Waals surface area contributed by atoms with Gasteiger partial charge >= 0.3 is 0 Å². The lowest BCUT2D eigenvalue weighted by Crippen LogP contribution is -2.20. The number of ether oxygens (including phenoxy) is 1. The van der Waals surface area contributed by atoms with Crippen molar-refractivity contribution in [1.29, 1.82) is 0 Å². The summed E-state index contributed by atoms with van der Waals surface area (Å²) < 4.78 is 7.41. The highest BCUT2D eigenvalue weighted by Crippen LogP contribution is 2.22. The van der Waals surface area contributed by atoms with Crippen LogP contribution in [0.4, 0.5) is 0 Å². The molecular formula is C19H22N4O2S. The molecule has 6 nitrogen and oxygen atoms in total. The van der Waals surface area contributed by atoms with E-state index in [4.69, 9.17) is 4.74 Å². The molecule has 3 aromatic rings. The number of aliphatic hydroxyl groups excluding tert-OH is 1. The zero-order valence-corrected chi connectivity index (χ0v) is 15.9. The quantitative estimate of drug-likeness (QED) is 0.644. The number of nitrogens with zero attached hydrogens (tertiary/aromatic N) is 4. The summed E-state index contributed by atoms with van der Waals surface area (Å²) in [5.41, 5.74) is 4.23. The van der Waals surface area contributed by atoms with Crippen LogP contribution in [0.3, 0.4) is 0 Å². The van der Waals surface area contributed by atoms with Crippen LogP contribution in [0.1, 0.15) is 16.7 Å². The van der Waals surface area contributed by atoms with Gasteiger partial charge < -0.3 is 9.84 Å². The molecule has 0 aliphatic heterocycles. The Morgan fingerprint density at radius 2 is 1.92 bits per heavy atom. The van der Waals surface area contributed by atoms with Gasteiger partial charge in [0.2, 0.25) is 5.16 Å². The number of aryl methyl sites for hydroxylation is 3. The summed E-state index contributed by atoms with van der Waals surface area (Å²) in [6.45, 7) is 6.26. The number of rotatable bonds is 7. The van der Waals surface area contributed by atoms with Crippen molar-refractivity contribution in [3.8, 4) is 11.4 Å². The van der Waals surface area contributed by atoms with Crippen molar-refractivity contribution < 1.29 is 9.84 Å². The molecule has 7 heteroatoms. The largest absolute Gasteiger partial charge is 0.491 e. The van der Waals surface area contributed by atoms with Gasteiger partial charge in [-0.3, -0.25) is 0 Å². The minimum Gasteiger partial charge on any atom is -0.491 e. The summed E-state index contributed by atoms with van der Waals surface area (Å²) >= 11 is 1.41. The fourth-order valence-electron chi connectivity index (χ4n) is 2.49. The molecule has 0 amide bonds. The zero-order valence-electron chi connectivity index (χ0n) is 15.1. The van der Waals surface area contributed by atoms with Gasteiger partial charge in [0.1, 0.15) is 12.4 Å². The van der Waals surface area contributed by atoms with Gasteiger partial charge in [-0.1, -0.05) is 42.1 Å². The molecule has 0 spiro atoms. The van der Waals surface area contributed by atoms with Crippen LogP contribution in [0.15, 0.2) is 47.6 Å². The maximum Gasteiger partial charge on any atom is 0.214 e. The van der Waals surface area contributed by atoms with Crippen LogP contribution >= 0.6 is 11.8 Å². The Balaban J connectivity index is 1.61. The summed E-state index contributed by atoms with van der Waals surface area (Å²) in [4.78, 5) is 0. The SMILES string of the molecule is Cc1ccc(C)c(-n2nnnc2SC[C@@H](O)COc2ccccc2C)c1. The number of thioether (sulfide) groups is 1. The molecular weight excluding hydrogens is 348 g/mol. The Hall–Kier alpha value is -2.38. The molecule has 0 fully saturated rings. The predicted molar refractivity (Wildman–Crippen MR) is 102 cm³/mol.